The molecule has 1 atom stereocenters. The number of rotatable bonds is 6. The summed E-state index contributed by atoms with van der Waals surface area (Å²) in [5.74, 6) is -0.0721. The molecule has 0 bridgehead atoms. The summed E-state index contributed by atoms with van der Waals surface area (Å²) in [6.45, 7) is 1.36. The number of carbonyl (C=O) groups is 1. The first kappa shape index (κ1) is 19.7. The van der Waals surface area contributed by atoms with E-state index in [1.54, 1.807) is 16.8 Å². The van der Waals surface area contributed by atoms with Gasteiger partial charge in [-0.15, -0.1) is 0 Å². The zero-order chi connectivity index (χ0) is 19.9. The van der Waals surface area contributed by atoms with Crippen LogP contribution in [0.15, 0.2) is 23.2 Å². The van der Waals surface area contributed by atoms with Crippen LogP contribution in [0.25, 0.3) is 10.9 Å². The SMILES string of the molecule is COC(=O)C(CC1CCOCC1)n1ncc2c(S(=O)(=O)C3CC3)c(Cl)ccc21. The van der Waals surface area contributed by atoms with Gasteiger partial charge in [0.25, 0.3) is 0 Å². The second-order valence-electron chi connectivity index (χ2n) is 7.47. The molecule has 1 saturated carbocycles. The van der Waals surface area contributed by atoms with Gasteiger partial charge in [-0.3, -0.25) is 4.68 Å². The van der Waals surface area contributed by atoms with E-state index in [-0.39, 0.29) is 15.2 Å². The Labute approximate surface area is 168 Å². The number of fused-ring (bicyclic) bond motifs is 1. The Morgan fingerprint density at radius 3 is 2.68 bits per heavy atom. The van der Waals surface area contributed by atoms with Gasteiger partial charge in [-0.2, -0.15) is 5.10 Å². The molecule has 2 fully saturated rings. The second kappa shape index (κ2) is 7.65. The molecule has 1 aliphatic carbocycles. The second-order valence-corrected chi connectivity index (χ2v) is 10.0. The predicted octanol–water partition coefficient (Wildman–Crippen LogP) is 3.16. The Bertz CT molecular complexity index is 993. The molecule has 0 N–H and O–H groups in total. The van der Waals surface area contributed by atoms with Crippen molar-refractivity contribution >= 4 is 38.3 Å². The van der Waals surface area contributed by atoms with Crippen LogP contribution in [-0.2, 0) is 24.1 Å². The molecule has 1 aromatic carbocycles. The molecule has 2 aliphatic rings. The van der Waals surface area contributed by atoms with Crippen LogP contribution >= 0.6 is 11.6 Å². The van der Waals surface area contributed by atoms with Crippen molar-refractivity contribution in [2.24, 2.45) is 5.92 Å². The smallest absolute Gasteiger partial charge is 0.330 e. The van der Waals surface area contributed by atoms with Crippen LogP contribution in [0.2, 0.25) is 5.02 Å². The van der Waals surface area contributed by atoms with Crippen molar-refractivity contribution in [3.8, 4) is 0 Å². The predicted molar refractivity (Wildman–Crippen MR) is 104 cm³/mol. The molecule has 7 nitrogen and oxygen atoms in total. The topological polar surface area (TPSA) is 87.5 Å². The molecule has 28 heavy (non-hydrogen) atoms. The number of methoxy groups -OCH3 is 1. The molecular formula is C19H23ClN2O5S. The van der Waals surface area contributed by atoms with Gasteiger partial charge in [0, 0.05) is 18.6 Å². The Morgan fingerprint density at radius 1 is 1.32 bits per heavy atom. The van der Waals surface area contributed by atoms with Crippen LogP contribution in [0.5, 0.6) is 0 Å². The Kier molecular flexibility index (Phi) is 5.37. The average Bonchev–Trinajstić information content (AvgIpc) is 3.48. The first-order valence-electron chi connectivity index (χ1n) is 9.48. The number of sulfone groups is 1. The monoisotopic (exact) mass is 426 g/mol. The van der Waals surface area contributed by atoms with Gasteiger partial charge in [0.1, 0.15) is 6.04 Å². The molecular weight excluding hydrogens is 404 g/mol. The molecule has 152 valence electrons. The summed E-state index contributed by atoms with van der Waals surface area (Å²) in [7, 11) is -2.15. The van der Waals surface area contributed by atoms with Crippen molar-refractivity contribution in [3.63, 3.8) is 0 Å². The summed E-state index contributed by atoms with van der Waals surface area (Å²) in [4.78, 5) is 12.7. The van der Waals surface area contributed by atoms with Gasteiger partial charge in [0.15, 0.2) is 9.84 Å². The summed E-state index contributed by atoms with van der Waals surface area (Å²) < 4.78 is 37.8. The third kappa shape index (κ3) is 3.53. The van der Waals surface area contributed by atoms with Crippen molar-refractivity contribution in [3.05, 3.63) is 23.4 Å². The maximum Gasteiger partial charge on any atom is 0.330 e. The van der Waals surface area contributed by atoms with Crippen LogP contribution in [0.4, 0.5) is 0 Å². The minimum atomic E-state index is -3.51. The highest BCUT2D eigenvalue weighted by Gasteiger charge is 2.40. The van der Waals surface area contributed by atoms with E-state index in [0.717, 1.165) is 12.8 Å². The van der Waals surface area contributed by atoms with Crippen LogP contribution in [0, 0.1) is 5.92 Å². The lowest BCUT2D eigenvalue weighted by atomic mass is 9.92. The highest BCUT2D eigenvalue weighted by Crippen LogP contribution is 2.40. The quantitative estimate of drug-likeness (QED) is 0.659. The third-order valence-electron chi connectivity index (χ3n) is 5.60. The van der Waals surface area contributed by atoms with Gasteiger partial charge in [0.05, 0.1) is 34.0 Å². The van der Waals surface area contributed by atoms with Gasteiger partial charge < -0.3 is 9.47 Å². The maximum absolute atomic E-state index is 12.9. The number of ether oxygens (including phenoxy) is 2. The average molecular weight is 427 g/mol. The number of halogens is 1. The van der Waals surface area contributed by atoms with Crippen LogP contribution < -0.4 is 0 Å². The van der Waals surface area contributed by atoms with E-state index in [4.69, 9.17) is 21.1 Å². The highest BCUT2D eigenvalue weighted by molar-refractivity contribution is 7.92. The van der Waals surface area contributed by atoms with Crippen LogP contribution in [0.1, 0.15) is 38.1 Å². The normalized spacial score (nSPS) is 19.6. The number of carbonyl (C=O) groups excluding carboxylic acids is 1. The molecule has 1 aromatic heterocycles. The van der Waals surface area contributed by atoms with E-state index in [1.807, 2.05) is 0 Å². The van der Waals surface area contributed by atoms with Gasteiger partial charge in [-0.1, -0.05) is 11.6 Å². The fourth-order valence-electron chi connectivity index (χ4n) is 3.88. The van der Waals surface area contributed by atoms with E-state index >= 15 is 0 Å². The molecule has 0 amide bonds. The zero-order valence-electron chi connectivity index (χ0n) is 15.6. The minimum Gasteiger partial charge on any atom is -0.467 e. The Hall–Kier alpha value is -1.64. The molecule has 9 heteroatoms. The minimum absolute atomic E-state index is 0.120. The van der Waals surface area contributed by atoms with E-state index in [2.05, 4.69) is 5.10 Å². The molecule has 4 rings (SSSR count). The van der Waals surface area contributed by atoms with Crippen LogP contribution in [-0.4, -0.2) is 49.7 Å². The molecule has 0 radical (unpaired) electrons. The Morgan fingerprint density at radius 2 is 2.04 bits per heavy atom. The van der Waals surface area contributed by atoms with E-state index in [0.29, 0.717) is 49.3 Å². The number of benzene rings is 1. The molecule has 2 aromatic rings. The zero-order valence-corrected chi connectivity index (χ0v) is 17.2. The third-order valence-corrected chi connectivity index (χ3v) is 8.38. The van der Waals surface area contributed by atoms with E-state index in [9.17, 15) is 13.2 Å². The number of nitrogens with zero attached hydrogens (tertiary/aromatic N) is 2. The van der Waals surface area contributed by atoms with E-state index < -0.39 is 21.8 Å². The Balaban J connectivity index is 1.77. The van der Waals surface area contributed by atoms with Gasteiger partial charge in [0.2, 0.25) is 0 Å². The molecule has 2 heterocycles. The number of hydrogen-bond acceptors (Lipinski definition) is 6. The lowest BCUT2D eigenvalue weighted by Gasteiger charge is -2.26. The van der Waals surface area contributed by atoms with Crippen molar-refractivity contribution in [1.82, 2.24) is 9.78 Å². The lowest BCUT2D eigenvalue weighted by molar-refractivity contribution is -0.145. The fraction of sp³-hybridized carbons (Fsp3) is 0.579. The summed E-state index contributed by atoms with van der Waals surface area (Å²) >= 11 is 6.27. The standard InChI is InChI=1S/C19H23ClN2O5S/c1-26-19(23)17(10-12-6-8-27-9-7-12)22-16-5-4-15(20)18(14(16)11-21-22)28(24,25)13-2-3-13/h4-5,11-13,17H,2-3,6-10H2,1H3. The fourth-order valence-corrected chi connectivity index (χ4v) is 6.26. The van der Waals surface area contributed by atoms with Gasteiger partial charge in [-0.25, -0.2) is 13.2 Å². The molecule has 0 spiro atoms. The maximum atomic E-state index is 12.9. The first-order chi connectivity index (χ1) is 13.4. The molecule has 1 saturated heterocycles. The largest absolute Gasteiger partial charge is 0.467 e. The van der Waals surface area contributed by atoms with Gasteiger partial charge in [-0.05, 0) is 50.2 Å². The number of hydrogen-bond donors (Lipinski definition) is 0. The highest BCUT2D eigenvalue weighted by atomic mass is 35.5. The van der Waals surface area contributed by atoms with Crippen LogP contribution in [0.3, 0.4) is 0 Å². The van der Waals surface area contributed by atoms with Crippen molar-refractivity contribution in [2.45, 2.75) is 48.3 Å². The summed E-state index contributed by atoms with van der Waals surface area (Å²) in [6, 6.07) is 2.67. The summed E-state index contributed by atoms with van der Waals surface area (Å²) in [6.07, 6.45) is 5.12. The first-order valence-corrected chi connectivity index (χ1v) is 11.4. The van der Waals surface area contributed by atoms with Crippen molar-refractivity contribution < 1.29 is 22.7 Å². The summed E-state index contributed by atoms with van der Waals surface area (Å²) in [5.41, 5.74) is 0.575. The molecule has 1 aliphatic heterocycles. The number of esters is 1. The summed E-state index contributed by atoms with van der Waals surface area (Å²) in [5, 5.41) is 4.66. The van der Waals surface area contributed by atoms with Crippen molar-refractivity contribution in [2.75, 3.05) is 20.3 Å². The lowest BCUT2D eigenvalue weighted by Crippen LogP contribution is -2.27. The molecule has 1 unspecified atom stereocenters. The number of aromatic nitrogens is 2. The van der Waals surface area contributed by atoms with Gasteiger partial charge >= 0.3 is 5.97 Å². The van der Waals surface area contributed by atoms with E-state index in [1.165, 1.54) is 13.3 Å². The van der Waals surface area contributed by atoms with Crippen molar-refractivity contribution in [1.29, 1.82) is 0 Å².